The van der Waals surface area contributed by atoms with Crippen LogP contribution in [-0.4, -0.2) is 6.54 Å². The Hall–Kier alpha value is -1.87. The molecule has 0 saturated heterocycles. The van der Waals surface area contributed by atoms with Crippen LogP contribution in [0.3, 0.4) is 0 Å². The Morgan fingerprint density at radius 3 is 2.44 bits per heavy atom. The van der Waals surface area contributed by atoms with E-state index >= 15 is 0 Å². The lowest BCUT2D eigenvalue weighted by Gasteiger charge is -2.09. The van der Waals surface area contributed by atoms with Crippen LogP contribution in [0.5, 0.6) is 0 Å². The molecule has 0 saturated carbocycles. The molecule has 2 aromatic rings. The van der Waals surface area contributed by atoms with Crippen LogP contribution >= 0.6 is 0 Å². The Labute approximate surface area is 107 Å². The number of benzene rings is 2. The Morgan fingerprint density at radius 1 is 1.11 bits per heavy atom. The summed E-state index contributed by atoms with van der Waals surface area (Å²) >= 11 is 0. The average Bonchev–Trinajstić information content (AvgIpc) is 2.36. The third kappa shape index (κ3) is 3.08. The summed E-state index contributed by atoms with van der Waals surface area (Å²) in [6.07, 6.45) is 0.696. The van der Waals surface area contributed by atoms with Crippen LogP contribution in [0.4, 0.5) is 15.8 Å². The Bertz CT molecular complexity index is 521. The second-order valence-corrected chi connectivity index (χ2v) is 4.34. The molecule has 94 valence electrons. The van der Waals surface area contributed by atoms with Gasteiger partial charge in [-0.25, -0.2) is 4.39 Å². The highest BCUT2D eigenvalue weighted by Crippen LogP contribution is 2.21. The molecule has 0 aromatic heterocycles. The minimum atomic E-state index is -0.249. The Kier molecular flexibility index (Phi) is 3.95. The quantitative estimate of drug-likeness (QED) is 0.865. The second kappa shape index (κ2) is 5.65. The zero-order valence-corrected chi connectivity index (χ0v) is 10.4. The zero-order valence-electron chi connectivity index (χ0n) is 10.4. The molecule has 0 heterocycles. The number of rotatable bonds is 4. The van der Waals surface area contributed by atoms with E-state index in [-0.39, 0.29) is 5.82 Å². The first-order valence-corrected chi connectivity index (χ1v) is 6.01. The van der Waals surface area contributed by atoms with E-state index < -0.39 is 0 Å². The molecule has 0 aliphatic carbocycles. The number of aryl methyl sites for hydroxylation is 1. The van der Waals surface area contributed by atoms with E-state index in [1.165, 1.54) is 11.6 Å². The Balaban J connectivity index is 2.16. The van der Waals surface area contributed by atoms with Gasteiger partial charge >= 0.3 is 0 Å². The predicted molar refractivity (Wildman–Crippen MR) is 73.6 cm³/mol. The number of hydrogen-bond donors (Lipinski definition) is 2. The van der Waals surface area contributed by atoms with Gasteiger partial charge in [-0.15, -0.1) is 0 Å². The van der Waals surface area contributed by atoms with Crippen molar-refractivity contribution in [3.8, 4) is 0 Å². The molecule has 0 spiro atoms. The molecule has 0 fully saturated rings. The summed E-state index contributed by atoms with van der Waals surface area (Å²) in [5, 5.41) is 3.06. The van der Waals surface area contributed by atoms with Crippen LogP contribution in [0.2, 0.25) is 0 Å². The molecule has 0 atom stereocenters. The van der Waals surface area contributed by atoms with E-state index in [9.17, 15) is 4.39 Å². The summed E-state index contributed by atoms with van der Waals surface area (Å²) in [5.41, 5.74) is 8.92. The van der Waals surface area contributed by atoms with Crippen molar-refractivity contribution in [1.82, 2.24) is 0 Å². The summed E-state index contributed by atoms with van der Waals surface area (Å²) in [7, 11) is 0. The van der Waals surface area contributed by atoms with Gasteiger partial charge in [0.05, 0.1) is 5.69 Å². The van der Waals surface area contributed by atoms with E-state index in [0.717, 1.165) is 11.3 Å². The number of nitrogens with two attached hydrogens (primary N) is 1. The van der Waals surface area contributed by atoms with E-state index in [1.54, 1.807) is 6.07 Å². The molecule has 0 radical (unpaired) electrons. The van der Waals surface area contributed by atoms with Crippen LogP contribution < -0.4 is 11.1 Å². The van der Waals surface area contributed by atoms with Crippen molar-refractivity contribution in [3.63, 3.8) is 0 Å². The lowest BCUT2D eigenvalue weighted by atomic mass is 10.1. The molecular formula is C15H17FN2. The Morgan fingerprint density at radius 2 is 1.83 bits per heavy atom. The van der Waals surface area contributed by atoms with Gasteiger partial charge in [-0.2, -0.15) is 0 Å². The minimum absolute atomic E-state index is 0.249. The molecule has 18 heavy (non-hydrogen) atoms. The van der Waals surface area contributed by atoms with Crippen molar-refractivity contribution in [1.29, 1.82) is 0 Å². The molecule has 3 N–H and O–H groups in total. The largest absolute Gasteiger partial charge is 0.353 e. The van der Waals surface area contributed by atoms with Gasteiger partial charge in [0, 0.05) is 5.69 Å². The molecule has 0 unspecified atom stereocenters. The van der Waals surface area contributed by atoms with Crippen LogP contribution in [-0.2, 0) is 6.42 Å². The third-order valence-electron chi connectivity index (χ3n) is 2.80. The van der Waals surface area contributed by atoms with Gasteiger partial charge in [-0.3, -0.25) is 0 Å². The standard InChI is InChI=1S/C15H17FN2/c1-11-2-5-13(6-3-11)18-15-7-4-12(8-9-17)10-14(15)16/h2-7,10,18H,8-9,17H2,1H3. The van der Waals surface area contributed by atoms with E-state index in [0.29, 0.717) is 18.7 Å². The molecule has 0 amide bonds. The predicted octanol–water partition coefficient (Wildman–Crippen LogP) is 3.38. The summed E-state index contributed by atoms with van der Waals surface area (Å²) < 4.78 is 13.8. The number of nitrogens with one attached hydrogen (secondary N) is 1. The molecule has 2 nitrogen and oxygen atoms in total. The van der Waals surface area contributed by atoms with Gasteiger partial charge in [0.1, 0.15) is 5.82 Å². The fourth-order valence-electron chi connectivity index (χ4n) is 1.77. The highest BCUT2D eigenvalue weighted by molar-refractivity contribution is 5.60. The molecular weight excluding hydrogens is 227 g/mol. The van der Waals surface area contributed by atoms with Crippen molar-refractivity contribution in [2.75, 3.05) is 11.9 Å². The van der Waals surface area contributed by atoms with Crippen molar-refractivity contribution in [2.24, 2.45) is 5.73 Å². The minimum Gasteiger partial charge on any atom is -0.353 e. The van der Waals surface area contributed by atoms with E-state index in [2.05, 4.69) is 5.32 Å². The summed E-state index contributed by atoms with van der Waals surface area (Å²) in [4.78, 5) is 0. The lowest BCUT2D eigenvalue weighted by Crippen LogP contribution is -2.03. The van der Waals surface area contributed by atoms with Crippen LogP contribution in [0.25, 0.3) is 0 Å². The fraction of sp³-hybridized carbons (Fsp3) is 0.200. The second-order valence-electron chi connectivity index (χ2n) is 4.34. The monoisotopic (exact) mass is 244 g/mol. The summed E-state index contributed by atoms with van der Waals surface area (Å²) in [5.74, 6) is -0.249. The van der Waals surface area contributed by atoms with Crippen molar-refractivity contribution in [2.45, 2.75) is 13.3 Å². The first-order valence-electron chi connectivity index (χ1n) is 6.01. The molecule has 0 aliphatic heterocycles. The zero-order chi connectivity index (χ0) is 13.0. The van der Waals surface area contributed by atoms with Crippen molar-refractivity contribution in [3.05, 3.63) is 59.4 Å². The maximum atomic E-state index is 13.8. The molecule has 0 aliphatic rings. The SMILES string of the molecule is Cc1ccc(Nc2ccc(CCN)cc2F)cc1. The molecule has 3 heteroatoms. The fourth-order valence-corrected chi connectivity index (χ4v) is 1.77. The van der Waals surface area contributed by atoms with Gasteiger partial charge in [0.15, 0.2) is 0 Å². The normalized spacial score (nSPS) is 10.4. The van der Waals surface area contributed by atoms with E-state index in [4.69, 9.17) is 5.73 Å². The van der Waals surface area contributed by atoms with Gasteiger partial charge < -0.3 is 11.1 Å². The average molecular weight is 244 g/mol. The maximum Gasteiger partial charge on any atom is 0.146 e. The highest BCUT2D eigenvalue weighted by Gasteiger charge is 2.03. The number of anilines is 2. The number of halogens is 1. The van der Waals surface area contributed by atoms with Crippen LogP contribution in [0.15, 0.2) is 42.5 Å². The lowest BCUT2D eigenvalue weighted by molar-refractivity contribution is 0.629. The van der Waals surface area contributed by atoms with Gasteiger partial charge in [-0.05, 0) is 49.7 Å². The topological polar surface area (TPSA) is 38.0 Å². The summed E-state index contributed by atoms with van der Waals surface area (Å²) in [6, 6.07) is 13.0. The van der Waals surface area contributed by atoms with Crippen LogP contribution in [0, 0.1) is 12.7 Å². The highest BCUT2D eigenvalue weighted by atomic mass is 19.1. The molecule has 2 rings (SSSR count). The first-order chi connectivity index (χ1) is 8.69. The third-order valence-corrected chi connectivity index (χ3v) is 2.80. The van der Waals surface area contributed by atoms with Gasteiger partial charge in [0.2, 0.25) is 0 Å². The molecule has 2 aromatic carbocycles. The van der Waals surface area contributed by atoms with Crippen molar-refractivity contribution < 1.29 is 4.39 Å². The van der Waals surface area contributed by atoms with E-state index in [1.807, 2.05) is 37.3 Å². The first kappa shape index (κ1) is 12.6. The van der Waals surface area contributed by atoms with Crippen molar-refractivity contribution >= 4 is 11.4 Å². The van der Waals surface area contributed by atoms with Crippen LogP contribution in [0.1, 0.15) is 11.1 Å². The molecule has 0 bridgehead atoms. The smallest absolute Gasteiger partial charge is 0.146 e. The summed E-state index contributed by atoms with van der Waals surface area (Å²) in [6.45, 7) is 2.55. The number of hydrogen-bond acceptors (Lipinski definition) is 2. The maximum absolute atomic E-state index is 13.8. The van der Waals surface area contributed by atoms with Gasteiger partial charge in [0.25, 0.3) is 0 Å². The van der Waals surface area contributed by atoms with Gasteiger partial charge in [-0.1, -0.05) is 23.8 Å².